The molecule has 0 aromatic rings. The van der Waals surface area contributed by atoms with E-state index >= 15 is 0 Å². The molecule has 1 rings (SSSR count). The average molecular weight is 311 g/mol. The van der Waals surface area contributed by atoms with Gasteiger partial charge in [0.05, 0.1) is 13.5 Å². The van der Waals surface area contributed by atoms with Gasteiger partial charge in [0.1, 0.15) is 5.76 Å². The molecule has 0 N–H and O–H groups in total. The van der Waals surface area contributed by atoms with Crippen LogP contribution < -0.4 is 0 Å². The van der Waals surface area contributed by atoms with Gasteiger partial charge in [-0.2, -0.15) is 0 Å². The Balaban J connectivity index is 2.92. The lowest BCUT2D eigenvalue weighted by molar-refractivity contribution is -0.141. The van der Waals surface area contributed by atoms with E-state index < -0.39 is 8.32 Å². The molecule has 1 aliphatic rings. The zero-order chi connectivity index (χ0) is 16.4. The van der Waals surface area contributed by atoms with Crippen LogP contribution >= 0.6 is 0 Å². The second-order valence-corrected chi connectivity index (χ2v) is 12.3. The SMILES string of the molecule is C=C1C(O[Si](C)(C)C(C)(C)C)=C[C@H](C)C[C@H]1CC(=O)OC. The maximum atomic E-state index is 11.6. The van der Waals surface area contributed by atoms with E-state index in [4.69, 9.17) is 9.16 Å². The maximum absolute atomic E-state index is 11.6. The second-order valence-electron chi connectivity index (χ2n) is 7.61. The number of allylic oxidation sites excluding steroid dienone is 2. The molecule has 1 aliphatic carbocycles. The van der Waals surface area contributed by atoms with Crippen LogP contribution in [-0.4, -0.2) is 21.4 Å². The van der Waals surface area contributed by atoms with Gasteiger partial charge >= 0.3 is 5.97 Å². The molecule has 3 nitrogen and oxygen atoms in total. The van der Waals surface area contributed by atoms with Gasteiger partial charge < -0.3 is 9.16 Å². The smallest absolute Gasteiger partial charge is 0.306 e. The van der Waals surface area contributed by atoms with Crippen molar-refractivity contribution in [1.82, 2.24) is 0 Å². The third-order valence-corrected chi connectivity index (χ3v) is 9.06. The summed E-state index contributed by atoms with van der Waals surface area (Å²) in [7, 11) is -0.456. The van der Waals surface area contributed by atoms with E-state index in [0.29, 0.717) is 12.3 Å². The molecule has 21 heavy (non-hydrogen) atoms. The summed E-state index contributed by atoms with van der Waals surface area (Å²) in [5.41, 5.74) is 0.948. The monoisotopic (exact) mass is 310 g/mol. The number of rotatable bonds is 4. The van der Waals surface area contributed by atoms with E-state index in [0.717, 1.165) is 17.8 Å². The van der Waals surface area contributed by atoms with Crippen molar-refractivity contribution in [3.63, 3.8) is 0 Å². The minimum atomic E-state index is -1.89. The van der Waals surface area contributed by atoms with Crippen molar-refractivity contribution in [2.75, 3.05) is 7.11 Å². The number of hydrogen-bond acceptors (Lipinski definition) is 3. The van der Waals surface area contributed by atoms with Crippen molar-refractivity contribution < 1.29 is 14.0 Å². The van der Waals surface area contributed by atoms with Crippen LogP contribution in [0.1, 0.15) is 40.5 Å². The Bertz CT molecular complexity index is 443. The average Bonchev–Trinajstić information content (AvgIpc) is 2.33. The molecule has 0 aromatic carbocycles. The van der Waals surface area contributed by atoms with Crippen LogP contribution in [-0.2, 0) is 14.0 Å². The van der Waals surface area contributed by atoms with Gasteiger partial charge in [0, 0.05) is 0 Å². The molecule has 0 amide bonds. The van der Waals surface area contributed by atoms with Gasteiger partial charge in [0.2, 0.25) is 8.32 Å². The molecule has 120 valence electrons. The van der Waals surface area contributed by atoms with Crippen LogP contribution in [0.3, 0.4) is 0 Å². The van der Waals surface area contributed by atoms with Crippen LogP contribution in [0.25, 0.3) is 0 Å². The number of esters is 1. The van der Waals surface area contributed by atoms with Crippen LogP contribution in [0.4, 0.5) is 0 Å². The number of carbonyl (C=O) groups excluding carboxylic acids is 1. The van der Waals surface area contributed by atoms with Gasteiger partial charge in [0.15, 0.2) is 0 Å². The molecule has 0 saturated carbocycles. The van der Waals surface area contributed by atoms with E-state index in [1.165, 1.54) is 7.11 Å². The normalized spacial score (nSPS) is 23.6. The highest BCUT2D eigenvalue weighted by Crippen LogP contribution is 2.42. The molecule has 0 spiro atoms. The van der Waals surface area contributed by atoms with Gasteiger partial charge in [-0.15, -0.1) is 0 Å². The standard InChI is InChI=1S/C17H30O3Si/c1-12-9-14(11-16(18)19-6)13(2)15(10-12)20-21(7,8)17(3,4)5/h10,12,14H,2,9,11H2,1,3-8H3/t12-,14+/m1/s1. The van der Waals surface area contributed by atoms with E-state index in [1.54, 1.807) is 0 Å². The fraction of sp³-hybridized carbons (Fsp3) is 0.706. The highest BCUT2D eigenvalue weighted by atomic mass is 28.4. The number of hydrogen-bond donors (Lipinski definition) is 0. The summed E-state index contributed by atoms with van der Waals surface area (Å²) in [5.74, 6) is 1.23. The van der Waals surface area contributed by atoms with Crippen LogP contribution in [0.2, 0.25) is 18.1 Å². The first-order chi connectivity index (χ1) is 9.48. The lowest BCUT2D eigenvalue weighted by Crippen LogP contribution is -2.41. The Morgan fingerprint density at radius 3 is 2.48 bits per heavy atom. The Labute approximate surface area is 130 Å². The van der Waals surface area contributed by atoms with Crippen molar-refractivity contribution in [2.45, 2.75) is 58.7 Å². The van der Waals surface area contributed by atoms with Crippen molar-refractivity contribution >= 4 is 14.3 Å². The summed E-state index contributed by atoms with van der Waals surface area (Å²) in [4.78, 5) is 11.6. The number of carbonyl (C=O) groups is 1. The number of ether oxygens (including phenoxy) is 1. The molecule has 0 aromatic heterocycles. The first-order valence-corrected chi connectivity index (χ1v) is 10.6. The summed E-state index contributed by atoms with van der Waals surface area (Å²) >= 11 is 0. The van der Waals surface area contributed by atoms with Gasteiger partial charge in [0.25, 0.3) is 0 Å². The third kappa shape index (κ3) is 4.47. The van der Waals surface area contributed by atoms with Gasteiger partial charge in [-0.05, 0) is 48.0 Å². The minimum absolute atomic E-state index is 0.122. The fourth-order valence-electron chi connectivity index (χ4n) is 2.24. The molecular formula is C17H30O3Si. The van der Waals surface area contributed by atoms with Gasteiger partial charge in [-0.25, -0.2) is 0 Å². The largest absolute Gasteiger partial charge is 0.544 e. The molecule has 4 heteroatoms. The highest BCUT2D eigenvalue weighted by molar-refractivity contribution is 6.74. The fourth-order valence-corrected chi connectivity index (χ4v) is 3.30. The first-order valence-electron chi connectivity index (χ1n) is 7.64. The third-order valence-electron chi connectivity index (χ3n) is 4.71. The van der Waals surface area contributed by atoms with Crippen molar-refractivity contribution in [3.05, 3.63) is 24.0 Å². The lowest BCUT2D eigenvalue weighted by Gasteiger charge is -2.40. The van der Waals surface area contributed by atoms with Crippen molar-refractivity contribution in [3.8, 4) is 0 Å². The predicted molar refractivity (Wildman–Crippen MR) is 89.4 cm³/mol. The van der Waals surface area contributed by atoms with Crippen LogP contribution in [0.5, 0.6) is 0 Å². The van der Waals surface area contributed by atoms with E-state index in [-0.39, 0.29) is 16.9 Å². The molecule has 0 heterocycles. The first kappa shape index (κ1) is 18.0. The molecule has 0 bridgehead atoms. The molecule has 0 fully saturated rings. The molecule has 2 atom stereocenters. The Morgan fingerprint density at radius 1 is 1.43 bits per heavy atom. The van der Waals surface area contributed by atoms with Crippen LogP contribution in [0, 0.1) is 11.8 Å². The Morgan fingerprint density at radius 2 is 2.00 bits per heavy atom. The Kier molecular flexibility index (Phi) is 5.48. The van der Waals surface area contributed by atoms with E-state index in [9.17, 15) is 4.79 Å². The van der Waals surface area contributed by atoms with Crippen molar-refractivity contribution in [1.29, 1.82) is 0 Å². The molecule has 0 radical (unpaired) electrons. The number of methoxy groups -OCH3 is 1. The summed E-state index contributed by atoms with van der Waals surface area (Å²) < 4.78 is 11.2. The predicted octanol–water partition coefficient (Wildman–Crippen LogP) is 4.67. The summed E-state index contributed by atoms with van der Waals surface area (Å²) in [5, 5.41) is 0.145. The van der Waals surface area contributed by atoms with Crippen LogP contribution in [0.15, 0.2) is 24.0 Å². The zero-order valence-corrected chi connectivity index (χ0v) is 15.6. The van der Waals surface area contributed by atoms with E-state index in [1.807, 2.05) is 0 Å². The quantitative estimate of drug-likeness (QED) is 0.559. The zero-order valence-electron chi connectivity index (χ0n) is 14.6. The summed E-state index contributed by atoms with van der Waals surface area (Å²) in [6, 6.07) is 0. The second kappa shape index (κ2) is 6.38. The summed E-state index contributed by atoms with van der Waals surface area (Å²) in [6.07, 6.45) is 3.48. The van der Waals surface area contributed by atoms with Crippen molar-refractivity contribution in [2.24, 2.45) is 11.8 Å². The lowest BCUT2D eigenvalue weighted by atomic mass is 9.81. The highest BCUT2D eigenvalue weighted by Gasteiger charge is 2.41. The van der Waals surface area contributed by atoms with Gasteiger partial charge in [-0.3, -0.25) is 4.79 Å². The maximum Gasteiger partial charge on any atom is 0.306 e. The summed E-state index contributed by atoms with van der Waals surface area (Å²) in [6.45, 7) is 17.5. The van der Waals surface area contributed by atoms with E-state index in [2.05, 4.69) is 53.4 Å². The molecular weight excluding hydrogens is 280 g/mol. The molecule has 0 saturated heterocycles. The Hall–Kier alpha value is -1.03. The molecule has 0 unspecified atom stereocenters. The molecule has 0 aliphatic heterocycles. The van der Waals surface area contributed by atoms with Gasteiger partial charge in [-0.1, -0.05) is 34.3 Å². The minimum Gasteiger partial charge on any atom is -0.544 e. The topological polar surface area (TPSA) is 35.5 Å².